The van der Waals surface area contributed by atoms with Crippen LogP contribution in [-0.4, -0.2) is 59.0 Å². The van der Waals surface area contributed by atoms with Gasteiger partial charge in [-0.1, -0.05) is 6.07 Å². The zero-order valence-electron chi connectivity index (χ0n) is 16.7. The summed E-state index contributed by atoms with van der Waals surface area (Å²) >= 11 is 0. The summed E-state index contributed by atoms with van der Waals surface area (Å²) < 4.78 is 52.0. The summed E-state index contributed by atoms with van der Waals surface area (Å²) in [5.74, 6) is -0.240. The maximum Gasteiger partial charge on any atom is 0.240 e. The highest BCUT2D eigenvalue weighted by atomic mass is 32.2. The minimum atomic E-state index is -3.65. The number of aryl methyl sites for hydroxylation is 2. The normalized spacial score (nSPS) is 18.9. The number of sulfonamides is 2. The van der Waals surface area contributed by atoms with Crippen LogP contribution < -0.4 is 10.0 Å². The van der Waals surface area contributed by atoms with Crippen molar-refractivity contribution in [1.29, 1.82) is 0 Å². The molecule has 1 amide bonds. The number of carbonyl (C=O) groups is 1. The van der Waals surface area contributed by atoms with E-state index in [0.717, 1.165) is 31.2 Å². The zero-order chi connectivity index (χ0) is 21.1. The minimum Gasteiger partial charge on any atom is -0.353 e. The second kappa shape index (κ2) is 9.11. The quantitative estimate of drug-likeness (QED) is 0.646. The topological polar surface area (TPSA) is 113 Å². The molecule has 10 heteroatoms. The van der Waals surface area contributed by atoms with Gasteiger partial charge in [0.15, 0.2) is 0 Å². The molecule has 8 nitrogen and oxygen atoms in total. The lowest BCUT2D eigenvalue weighted by atomic mass is 9.92. The maximum absolute atomic E-state index is 12.5. The fourth-order valence-electron chi connectivity index (χ4n) is 3.89. The van der Waals surface area contributed by atoms with Crippen molar-refractivity contribution in [3.63, 3.8) is 0 Å². The van der Waals surface area contributed by atoms with Crippen LogP contribution in [0.1, 0.15) is 43.2 Å². The Kier molecular flexibility index (Phi) is 6.98. The molecule has 0 radical (unpaired) electrons. The van der Waals surface area contributed by atoms with E-state index in [4.69, 9.17) is 0 Å². The number of nitrogens with one attached hydrogen (secondary N) is 2. The van der Waals surface area contributed by atoms with Crippen LogP contribution >= 0.6 is 0 Å². The van der Waals surface area contributed by atoms with E-state index in [2.05, 4.69) is 10.0 Å². The lowest BCUT2D eigenvalue weighted by Crippen LogP contribution is -2.46. The van der Waals surface area contributed by atoms with Crippen molar-refractivity contribution >= 4 is 26.0 Å². The number of carbonyl (C=O) groups excluding carboxylic acids is 1. The molecular formula is C19H29N3O5S2. The Morgan fingerprint density at radius 1 is 1.07 bits per heavy atom. The van der Waals surface area contributed by atoms with Crippen LogP contribution in [0, 0.1) is 0 Å². The summed E-state index contributed by atoms with van der Waals surface area (Å²) in [4.78, 5) is 12.4. The first-order chi connectivity index (χ1) is 13.6. The zero-order valence-corrected chi connectivity index (χ0v) is 18.3. The molecule has 1 saturated heterocycles. The van der Waals surface area contributed by atoms with Gasteiger partial charge < -0.3 is 5.32 Å². The van der Waals surface area contributed by atoms with Gasteiger partial charge in [-0.15, -0.1) is 0 Å². The molecule has 1 aromatic carbocycles. The molecule has 2 N–H and O–H groups in total. The second-order valence-electron chi connectivity index (χ2n) is 7.79. The van der Waals surface area contributed by atoms with Crippen LogP contribution in [0.5, 0.6) is 0 Å². The van der Waals surface area contributed by atoms with E-state index in [9.17, 15) is 21.6 Å². The fourth-order valence-corrected chi connectivity index (χ4v) is 5.85. The Morgan fingerprint density at radius 2 is 1.72 bits per heavy atom. The second-order valence-corrected chi connectivity index (χ2v) is 11.5. The third-order valence-electron chi connectivity index (χ3n) is 5.56. The van der Waals surface area contributed by atoms with Gasteiger partial charge in [0, 0.05) is 32.1 Å². The van der Waals surface area contributed by atoms with Crippen molar-refractivity contribution in [3.05, 3.63) is 29.3 Å². The molecule has 2 aliphatic rings. The van der Waals surface area contributed by atoms with Crippen molar-refractivity contribution in [2.24, 2.45) is 0 Å². The van der Waals surface area contributed by atoms with Crippen LogP contribution in [0.3, 0.4) is 0 Å². The van der Waals surface area contributed by atoms with E-state index in [1.807, 2.05) is 6.07 Å². The molecule has 0 saturated carbocycles. The lowest BCUT2D eigenvalue weighted by Gasteiger charge is -2.30. The Labute approximate surface area is 173 Å². The van der Waals surface area contributed by atoms with Crippen molar-refractivity contribution in [2.45, 2.75) is 55.9 Å². The Bertz CT molecular complexity index is 952. The lowest BCUT2D eigenvalue weighted by molar-refractivity contribution is -0.121. The summed E-state index contributed by atoms with van der Waals surface area (Å²) in [6, 6.07) is 5.17. The number of piperidine rings is 1. The van der Waals surface area contributed by atoms with Crippen LogP contribution in [0.25, 0.3) is 0 Å². The van der Waals surface area contributed by atoms with Gasteiger partial charge in [0.1, 0.15) is 0 Å². The van der Waals surface area contributed by atoms with E-state index < -0.39 is 20.0 Å². The van der Waals surface area contributed by atoms with Gasteiger partial charge in [0.2, 0.25) is 26.0 Å². The highest BCUT2D eigenvalue weighted by Gasteiger charge is 2.25. The first-order valence-corrected chi connectivity index (χ1v) is 13.3. The first kappa shape index (κ1) is 22.2. The van der Waals surface area contributed by atoms with Crippen LogP contribution in [0.15, 0.2) is 23.1 Å². The monoisotopic (exact) mass is 443 g/mol. The van der Waals surface area contributed by atoms with E-state index in [1.54, 1.807) is 12.1 Å². The molecule has 162 valence electrons. The van der Waals surface area contributed by atoms with Crippen molar-refractivity contribution in [1.82, 2.24) is 14.3 Å². The summed E-state index contributed by atoms with van der Waals surface area (Å²) in [5, 5.41) is 2.86. The molecule has 0 unspecified atom stereocenters. The van der Waals surface area contributed by atoms with Crippen molar-refractivity contribution < 1.29 is 21.6 Å². The molecular weight excluding hydrogens is 414 g/mol. The van der Waals surface area contributed by atoms with Gasteiger partial charge in [0.25, 0.3) is 0 Å². The van der Waals surface area contributed by atoms with Crippen molar-refractivity contribution in [3.8, 4) is 0 Å². The number of amides is 1. The highest BCUT2D eigenvalue weighted by molar-refractivity contribution is 7.89. The van der Waals surface area contributed by atoms with Crippen molar-refractivity contribution in [2.75, 3.05) is 25.9 Å². The van der Waals surface area contributed by atoms with Gasteiger partial charge in [-0.25, -0.2) is 25.9 Å². The molecule has 1 fully saturated rings. The van der Waals surface area contributed by atoms with Crippen LogP contribution in [0.2, 0.25) is 0 Å². The molecule has 0 atom stereocenters. The van der Waals surface area contributed by atoms with E-state index in [0.29, 0.717) is 25.9 Å². The molecule has 1 aliphatic carbocycles. The Balaban J connectivity index is 1.45. The predicted molar refractivity (Wildman–Crippen MR) is 110 cm³/mol. The highest BCUT2D eigenvalue weighted by Crippen LogP contribution is 2.24. The minimum absolute atomic E-state index is 0.0213. The number of rotatable bonds is 7. The SMILES string of the molecule is CS(=O)(=O)N1CCC(NC(=O)CCNS(=O)(=O)c2ccc3c(c2)CCCC3)CC1. The van der Waals surface area contributed by atoms with E-state index >= 15 is 0 Å². The molecule has 1 aliphatic heterocycles. The average molecular weight is 444 g/mol. The molecule has 3 rings (SSSR count). The standard InChI is InChI=1S/C19H29N3O5S2/c1-28(24,25)22-12-9-17(10-13-22)21-19(23)8-11-20-29(26,27)18-7-6-15-4-2-3-5-16(15)14-18/h6-7,14,17,20H,2-5,8-13H2,1H3,(H,21,23). The maximum atomic E-state index is 12.5. The first-order valence-electron chi connectivity index (χ1n) is 10.0. The fraction of sp³-hybridized carbons (Fsp3) is 0.632. The Hall–Kier alpha value is -1.49. The smallest absolute Gasteiger partial charge is 0.240 e. The largest absolute Gasteiger partial charge is 0.353 e. The molecule has 1 aromatic rings. The third-order valence-corrected chi connectivity index (χ3v) is 8.32. The third kappa shape index (κ3) is 6.00. The Morgan fingerprint density at radius 3 is 2.38 bits per heavy atom. The summed E-state index contributed by atoms with van der Waals surface area (Å²) in [7, 11) is -6.85. The van der Waals surface area contributed by atoms with Gasteiger partial charge in [-0.2, -0.15) is 0 Å². The van der Waals surface area contributed by atoms with Crippen LogP contribution in [0.4, 0.5) is 0 Å². The number of nitrogens with zero attached hydrogens (tertiary/aromatic N) is 1. The number of hydrogen-bond acceptors (Lipinski definition) is 5. The molecule has 1 heterocycles. The van der Waals surface area contributed by atoms with Crippen LogP contribution in [-0.2, 0) is 37.7 Å². The number of benzene rings is 1. The summed E-state index contributed by atoms with van der Waals surface area (Å²) in [6.45, 7) is 0.789. The van der Waals surface area contributed by atoms with Gasteiger partial charge in [-0.05, 0) is 61.8 Å². The summed E-state index contributed by atoms with van der Waals surface area (Å²) in [5.41, 5.74) is 2.31. The molecule has 0 spiro atoms. The average Bonchev–Trinajstić information content (AvgIpc) is 2.67. The van der Waals surface area contributed by atoms with Gasteiger partial charge >= 0.3 is 0 Å². The van der Waals surface area contributed by atoms with Gasteiger partial charge in [0.05, 0.1) is 11.2 Å². The predicted octanol–water partition coefficient (Wildman–Crippen LogP) is 0.774. The molecule has 0 bridgehead atoms. The van der Waals surface area contributed by atoms with E-state index in [-0.39, 0.29) is 29.8 Å². The number of fused-ring (bicyclic) bond motifs is 1. The molecule has 0 aromatic heterocycles. The van der Waals surface area contributed by atoms with Gasteiger partial charge in [-0.3, -0.25) is 4.79 Å². The van der Waals surface area contributed by atoms with E-state index in [1.165, 1.54) is 16.1 Å². The number of hydrogen-bond donors (Lipinski definition) is 2. The summed E-state index contributed by atoms with van der Waals surface area (Å²) in [6.07, 6.45) is 6.44. The molecule has 29 heavy (non-hydrogen) atoms.